The third-order valence-corrected chi connectivity index (χ3v) is 6.78. The lowest BCUT2D eigenvalue weighted by atomic mass is 10.2. The molecule has 0 unspecified atom stereocenters. The number of carbonyl (C=O) groups excluding carboxylic acids is 1. The summed E-state index contributed by atoms with van der Waals surface area (Å²) in [6, 6.07) is 13.5. The van der Waals surface area contributed by atoms with E-state index in [1.807, 2.05) is 0 Å². The Bertz CT molecular complexity index is 1450. The van der Waals surface area contributed by atoms with Crippen molar-refractivity contribution >= 4 is 86.1 Å². The van der Waals surface area contributed by atoms with Crippen molar-refractivity contribution in [3.63, 3.8) is 0 Å². The Balaban J connectivity index is 1.53. The first-order valence-electron chi connectivity index (χ1n) is 9.94. The fraction of sp³-hybridized carbons (Fsp3) is 0.0435. The zero-order valence-electron chi connectivity index (χ0n) is 17.8. The average Bonchev–Trinajstić information content (AvgIpc) is 3.18. The van der Waals surface area contributed by atoms with Crippen LogP contribution in [0.25, 0.3) is 6.08 Å². The Hall–Kier alpha value is -3.11. The lowest BCUT2D eigenvalue weighted by Crippen LogP contribution is -2.06. The zero-order valence-corrected chi connectivity index (χ0v) is 22.9. The molecule has 0 amide bonds. The standard InChI is InChI=1S/C23H12ClI2N3O7/c24-17-10-15(29(33)34)5-6-16(17)22-27-20(23(30)36-22)9-13-7-18(25)21(19(26)8-13)35-11-12-1-3-14(4-2-12)28(31)32/h1-10H,11H2/b20-9-. The summed E-state index contributed by atoms with van der Waals surface area (Å²) in [6.07, 6.45) is 1.55. The normalized spacial score (nSPS) is 13.9. The molecule has 182 valence electrons. The van der Waals surface area contributed by atoms with Crippen molar-refractivity contribution in [2.45, 2.75) is 6.61 Å². The van der Waals surface area contributed by atoms with E-state index < -0.39 is 15.8 Å². The Morgan fingerprint density at radius 3 is 2.17 bits per heavy atom. The van der Waals surface area contributed by atoms with Gasteiger partial charge < -0.3 is 9.47 Å². The van der Waals surface area contributed by atoms with Crippen LogP contribution in [0.15, 0.2) is 65.3 Å². The first-order chi connectivity index (χ1) is 17.1. The maximum absolute atomic E-state index is 12.4. The van der Waals surface area contributed by atoms with E-state index in [1.54, 1.807) is 30.3 Å². The van der Waals surface area contributed by atoms with Gasteiger partial charge in [0.1, 0.15) is 12.4 Å². The Morgan fingerprint density at radius 1 is 0.972 bits per heavy atom. The minimum atomic E-state index is -0.678. The maximum Gasteiger partial charge on any atom is 0.363 e. The number of hydrogen-bond donors (Lipinski definition) is 0. The van der Waals surface area contributed by atoms with Gasteiger partial charge >= 0.3 is 5.97 Å². The van der Waals surface area contributed by atoms with Crippen LogP contribution in [0.4, 0.5) is 11.4 Å². The van der Waals surface area contributed by atoms with Gasteiger partial charge in [0, 0.05) is 24.3 Å². The summed E-state index contributed by atoms with van der Waals surface area (Å²) in [6.45, 7) is 0.223. The molecular formula is C23H12ClI2N3O7. The van der Waals surface area contributed by atoms with Crippen molar-refractivity contribution < 1.29 is 24.1 Å². The third kappa shape index (κ3) is 5.82. The lowest BCUT2D eigenvalue weighted by Gasteiger charge is -2.11. The molecule has 0 saturated heterocycles. The van der Waals surface area contributed by atoms with Crippen LogP contribution in [-0.2, 0) is 16.1 Å². The van der Waals surface area contributed by atoms with E-state index in [0.29, 0.717) is 11.3 Å². The van der Waals surface area contributed by atoms with Crippen molar-refractivity contribution in [1.29, 1.82) is 0 Å². The average molecular weight is 732 g/mol. The smallest absolute Gasteiger partial charge is 0.363 e. The van der Waals surface area contributed by atoms with Gasteiger partial charge in [0.05, 0.1) is 27.6 Å². The predicted octanol–water partition coefficient (Wildman–Crippen LogP) is 6.29. The van der Waals surface area contributed by atoms with Gasteiger partial charge in [-0.25, -0.2) is 9.79 Å². The molecule has 0 aliphatic carbocycles. The summed E-state index contributed by atoms with van der Waals surface area (Å²) in [4.78, 5) is 37.3. The number of nitro benzene ring substituents is 2. The summed E-state index contributed by atoms with van der Waals surface area (Å²) in [5.74, 6) is -0.0888. The molecule has 0 aromatic heterocycles. The number of aliphatic imine (C=N–C) groups is 1. The van der Waals surface area contributed by atoms with Crippen LogP contribution in [0.5, 0.6) is 5.75 Å². The molecule has 1 aliphatic heterocycles. The molecule has 0 radical (unpaired) electrons. The van der Waals surface area contributed by atoms with Crippen molar-refractivity contribution in [3.8, 4) is 5.75 Å². The highest BCUT2D eigenvalue weighted by Crippen LogP contribution is 2.32. The molecule has 3 aromatic carbocycles. The van der Waals surface area contributed by atoms with Crippen LogP contribution in [0, 0.1) is 27.4 Å². The van der Waals surface area contributed by atoms with Gasteiger partial charge in [-0.1, -0.05) is 11.6 Å². The van der Waals surface area contributed by atoms with Gasteiger partial charge in [-0.05, 0) is 92.7 Å². The van der Waals surface area contributed by atoms with Gasteiger partial charge in [0.15, 0.2) is 5.70 Å². The van der Waals surface area contributed by atoms with E-state index in [2.05, 4.69) is 50.2 Å². The molecule has 0 fully saturated rings. The summed E-state index contributed by atoms with van der Waals surface area (Å²) in [5, 5.41) is 21.7. The second-order valence-corrected chi connectivity index (χ2v) is 10.0. The molecule has 0 bridgehead atoms. The number of hydrogen-bond acceptors (Lipinski definition) is 8. The van der Waals surface area contributed by atoms with Crippen LogP contribution in [0.3, 0.4) is 0 Å². The van der Waals surface area contributed by atoms with Crippen LogP contribution in [0.1, 0.15) is 16.7 Å². The van der Waals surface area contributed by atoms with Crippen molar-refractivity contribution in [2.24, 2.45) is 4.99 Å². The van der Waals surface area contributed by atoms with Crippen LogP contribution < -0.4 is 4.74 Å². The summed E-state index contributed by atoms with van der Waals surface area (Å²) < 4.78 is 12.7. The largest absolute Gasteiger partial charge is 0.487 e. The summed E-state index contributed by atoms with van der Waals surface area (Å²) in [7, 11) is 0. The van der Waals surface area contributed by atoms with Gasteiger partial charge in [-0.2, -0.15) is 0 Å². The highest BCUT2D eigenvalue weighted by Gasteiger charge is 2.26. The van der Waals surface area contributed by atoms with Crippen molar-refractivity contribution in [3.05, 3.63) is 109 Å². The van der Waals surface area contributed by atoms with Gasteiger partial charge in [0.2, 0.25) is 5.90 Å². The predicted molar refractivity (Wildman–Crippen MR) is 148 cm³/mol. The van der Waals surface area contributed by atoms with Crippen LogP contribution >= 0.6 is 56.8 Å². The Morgan fingerprint density at radius 2 is 1.58 bits per heavy atom. The number of non-ortho nitro benzene ring substituents is 2. The van der Waals surface area contributed by atoms with E-state index in [9.17, 15) is 25.0 Å². The topological polar surface area (TPSA) is 134 Å². The second-order valence-electron chi connectivity index (χ2n) is 7.28. The zero-order chi connectivity index (χ0) is 26.0. The van der Waals surface area contributed by atoms with Gasteiger partial charge in [-0.3, -0.25) is 20.2 Å². The minimum absolute atomic E-state index is 0.00686. The monoisotopic (exact) mass is 731 g/mol. The molecule has 0 atom stereocenters. The molecule has 10 nitrogen and oxygen atoms in total. The molecule has 1 heterocycles. The molecule has 1 aliphatic rings. The number of ether oxygens (including phenoxy) is 2. The third-order valence-electron chi connectivity index (χ3n) is 4.87. The van der Waals surface area contributed by atoms with Crippen molar-refractivity contribution in [1.82, 2.24) is 0 Å². The van der Waals surface area contributed by atoms with Gasteiger partial charge in [-0.15, -0.1) is 0 Å². The quantitative estimate of drug-likeness (QED) is 0.0917. The highest BCUT2D eigenvalue weighted by atomic mass is 127. The molecular weight excluding hydrogens is 720 g/mol. The lowest BCUT2D eigenvalue weighted by molar-refractivity contribution is -0.385. The minimum Gasteiger partial charge on any atom is -0.487 e. The Kier molecular flexibility index (Phi) is 7.85. The fourth-order valence-corrected chi connectivity index (χ4v) is 5.53. The number of nitrogens with zero attached hydrogens (tertiary/aromatic N) is 3. The van der Waals surface area contributed by atoms with Gasteiger partial charge in [0.25, 0.3) is 11.4 Å². The Labute approximate surface area is 235 Å². The number of benzene rings is 3. The maximum atomic E-state index is 12.4. The number of rotatable bonds is 7. The van der Waals surface area contributed by atoms with E-state index >= 15 is 0 Å². The first kappa shape index (κ1) is 26.0. The highest BCUT2D eigenvalue weighted by molar-refractivity contribution is 14.1. The molecule has 36 heavy (non-hydrogen) atoms. The summed E-state index contributed by atoms with van der Waals surface area (Å²) >= 11 is 10.3. The van der Waals surface area contributed by atoms with E-state index in [1.165, 1.54) is 24.3 Å². The van der Waals surface area contributed by atoms with E-state index in [0.717, 1.165) is 18.8 Å². The number of esters is 1. The van der Waals surface area contributed by atoms with Crippen LogP contribution in [0.2, 0.25) is 5.02 Å². The molecule has 0 spiro atoms. The molecule has 0 saturated carbocycles. The second kappa shape index (κ2) is 10.9. The number of nitro groups is 2. The number of cyclic esters (lactones) is 1. The van der Waals surface area contributed by atoms with Crippen molar-refractivity contribution in [2.75, 3.05) is 0 Å². The van der Waals surface area contributed by atoms with E-state index in [4.69, 9.17) is 21.1 Å². The molecule has 4 rings (SSSR count). The molecule has 0 N–H and O–H groups in total. The molecule has 3 aromatic rings. The van der Waals surface area contributed by atoms with E-state index in [-0.39, 0.29) is 40.2 Å². The van der Waals surface area contributed by atoms with Crippen LogP contribution in [-0.4, -0.2) is 21.7 Å². The number of carbonyl (C=O) groups is 1. The fourth-order valence-electron chi connectivity index (χ4n) is 3.14. The molecule has 13 heteroatoms. The number of halogens is 3. The SMILES string of the molecule is O=C1OC(c2ccc([N+](=O)[O-])cc2Cl)=N/C1=C\c1cc(I)c(OCc2ccc([N+](=O)[O-])cc2)c(I)c1. The first-order valence-corrected chi connectivity index (χ1v) is 12.5. The summed E-state index contributed by atoms with van der Waals surface area (Å²) in [5.41, 5.74) is 1.58.